The molecule has 1 heterocycles. The van der Waals surface area contributed by atoms with Crippen molar-refractivity contribution in [2.75, 3.05) is 12.5 Å². The van der Waals surface area contributed by atoms with Crippen LogP contribution in [-0.4, -0.2) is 29.3 Å². The van der Waals surface area contributed by atoms with E-state index in [4.69, 9.17) is 23.2 Å². The molecule has 0 amide bonds. The maximum absolute atomic E-state index is 12.2. The normalized spacial score (nSPS) is 10.6. The molecule has 2 N–H and O–H groups in total. The lowest BCUT2D eigenvalue weighted by Gasteiger charge is -2.07. The van der Waals surface area contributed by atoms with Crippen LogP contribution in [0.4, 0.5) is 5.95 Å². The quantitative estimate of drug-likeness (QED) is 0.352. The molecule has 30 heavy (non-hydrogen) atoms. The summed E-state index contributed by atoms with van der Waals surface area (Å²) in [5, 5.41) is 13.6. The van der Waals surface area contributed by atoms with Gasteiger partial charge in [-0.15, -0.1) is 0 Å². The van der Waals surface area contributed by atoms with Gasteiger partial charge in [0.2, 0.25) is 5.95 Å². The summed E-state index contributed by atoms with van der Waals surface area (Å²) in [6, 6.07) is 13.5. The SMILES string of the molecule is COC(=O)c1cc(Cl)c(C=NNc2nc(-c3ccccc3)c(C#N)c(=O)[nH]2)c(Cl)c1. The number of halogens is 2. The molecule has 0 radical (unpaired) electrons. The number of aromatic amines is 1. The lowest BCUT2D eigenvalue weighted by Crippen LogP contribution is -2.16. The van der Waals surface area contributed by atoms with Crippen molar-refractivity contribution in [3.05, 3.63) is 79.6 Å². The third-order valence-corrected chi connectivity index (χ3v) is 4.57. The van der Waals surface area contributed by atoms with Gasteiger partial charge in [0.1, 0.15) is 11.6 Å². The van der Waals surface area contributed by atoms with Gasteiger partial charge in [0.05, 0.1) is 34.6 Å². The molecule has 3 rings (SSSR count). The zero-order valence-corrected chi connectivity index (χ0v) is 17.0. The van der Waals surface area contributed by atoms with E-state index in [9.17, 15) is 14.9 Å². The number of nitrogens with one attached hydrogen (secondary N) is 2. The van der Waals surface area contributed by atoms with Gasteiger partial charge >= 0.3 is 5.97 Å². The first-order valence-electron chi connectivity index (χ1n) is 8.41. The minimum atomic E-state index is -0.609. The number of hydrazone groups is 1. The fourth-order valence-electron chi connectivity index (χ4n) is 2.54. The summed E-state index contributed by atoms with van der Waals surface area (Å²) in [5.74, 6) is -0.555. The van der Waals surface area contributed by atoms with Gasteiger partial charge in [-0.05, 0) is 12.1 Å². The summed E-state index contributed by atoms with van der Waals surface area (Å²) >= 11 is 12.3. The van der Waals surface area contributed by atoms with Crippen molar-refractivity contribution in [2.45, 2.75) is 0 Å². The van der Waals surface area contributed by atoms with E-state index in [0.29, 0.717) is 11.1 Å². The predicted octanol–water partition coefficient (Wildman–Crippen LogP) is 3.85. The maximum atomic E-state index is 12.2. The molecule has 10 heteroatoms. The molecule has 3 aromatic rings. The number of hydrogen-bond donors (Lipinski definition) is 2. The van der Waals surface area contributed by atoms with Crippen LogP contribution in [0.25, 0.3) is 11.3 Å². The van der Waals surface area contributed by atoms with Gasteiger partial charge < -0.3 is 4.74 Å². The second-order valence-electron chi connectivity index (χ2n) is 5.83. The molecule has 0 aliphatic heterocycles. The molecule has 1 aromatic heterocycles. The third kappa shape index (κ3) is 4.49. The van der Waals surface area contributed by atoms with Gasteiger partial charge in [0.25, 0.3) is 5.56 Å². The molecule has 0 unspecified atom stereocenters. The molecule has 8 nitrogen and oxygen atoms in total. The molecule has 0 saturated heterocycles. The topological polar surface area (TPSA) is 120 Å². The number of hydrogen-bond acceptors (Lipinski definition) is 7. The van der Waals surface area contributed by atoms with Crippen LogP contribution in [0.5, 0.6) is 0 Å². The molecular formula is C20H13Cl2N5O3. The number of carbonyl (C=O) groups is 1. The number of benzene rings is 2. The Morgan fingerprint density at radius 1 is 1.27 bits per heavy atom. The van der Waals surface area contributed by atoms with E-state index >= 15 is 0 Å². The van der Waals surface area contributed by atoms with E-state index in [1.54, 1.807) is 24.3 Å². The summed E-state index contributed by atoms with van der Waals surface area (Å²) in [6.07, 6.45) is 1.31. The van der Waals surface area contributed by atoms with E-state index in [-0.39, 0.29) is 32.8 Å². The minimum absolute atomic E-state index is 0.0209. The van der Waals surface area contributed by atoms with Crippen LogP contribution in [0.1, 0.15) is 21.5 Å². The Morgan fingerprint density at radius 2 is 1.93 bits per heavy atom. The number of aromatic nitrogens is 2. The largest absolute Gasteiger partial charge is 0.465 e. The van der Waals surface area contributed by atoms with E-state index in [2.05, 4.69) is 25.2 Å². The van der Waals surface area contributed by atoms with Crippen LogP contribution in [-0.2, 0) is 4.74 Å². The number of H-pyrrole nitrogens is 1. The second kappa shape index (κ2) is 9.22. The maximum Gasteiger partial charge on any atom is 0.337 e. The average Bonchev–Trinajstić information content (AvgIpc) is 2.75. The van der Waals surface area contributed by atoms with Crippen LogP contribution in [0.15, 0.2) is 52.4 Å². The number of rotatable bonds is 5. The number of carbonyl (C=O) groups excluding carboxylic acids is 1. The van der Waals surface area contributed by atoms with Gasteiger partial charge in [0, 0.05) is 11.1 Å². The van der Waals surface area contributed by atoms with Gasteiger partial charge in [-0.1, -0.05) is 53.5 Å². The van der Waals surface area contributed by atoms with Crippen LogP contribution in [0.3, 0.4) is 0 Å². The highest BCUT2D eigenvalue weighted by Gasteiger charge is 2.14. The molecule has 0 atom stereocenters. The standard InChI is InChI=1S/C20H13Cl2N5O3/c1-30-19(29)12-7-15(21)14(16(22)8-12)10-24-27-20-25-17(11-5-3-2-4-6-11)13(9-23)18(28)26-20/h2-8,10H,1H3,(H2,25,26,27,28). The van der Waals surface area contributed by atoms with Gasteiger partial charge in [-0.25, -0.2) is 15.2 Å². The first-order valence-corrected chi connectivity index (χ1v) is 9.16. The molecule has 0 saturated carbocycles. The van der Waals surface area contributed by atoms with Gasteiger partial charge in [-0.2, -0.15) is 10.4 Å². The van der Waals surface area contributed by atoms with Gasteiger partial charge in [0.15, 0.2) is 0 Å². The number of nitriles is 1. The van der Waals surface area contributed by atoms with Crippen molar-refractivity contribution in [2.24, 2.45) is 5.10 Å². The third-order valence-electron chi connectivity index (χ3n) is 3.94. The van der Waals surface area contributed by atoms with Gasteiger partial charge in [-0.3, -0.25) is 9.78 Å². The number of esters is 1. The Labute approximate surface area is 180 Å². The molecule has 0 aliphatic carbocycles. The molecule has 0 fully saturated rings. The Balaban J connectivity index is 1.91. The van der Waals surface area contributed by atoms with Crippen molar-refractivity contribution in [3.8, 4) is 17.3 Å². The number of methoxy groups -OCH3 is 1. The zero-order valence-electron chi connectivity index (χ0n) is 15.4. The fraction of sp³-hybridized carbons (Fsp3) is 0.0500. The van der Waals surface area contributed by atoms with Crippen LogP contribution in [0, 0.1) is 11.3 Å². The van der Waals surface area contributed by atoms with Crippen molar-refractivity contribution in [1.82, 2.24) is 9.97 Å². The van der Waals surface area contributed by atoms with E-state index in [1.807, 2.05) is 12.1 Å². The lowest BCUT2D eigenvalue weighted by atomic mass is 10.1. The molecule has 0 spiro atoms. The summed E-state index contributed by atoms with van der Waals surface area (Å²) in [6.45, 7) is 0. The van der Waals surface area contributed by atoms with E-state index in [0.717, 1.165) is 0 Å². The van der Waals surface area contributed by atoms with Crippen molar-refractivity contribution < 1.29 is 9.53 Å². The Morgan fingerprint density at radius 3 is 2.53 bits per heavy atom. The van der Waals surface area contributed by atoms with Crippen LogP contribution in [0.2, 0.25) is 10.0 Å². The highest BCUT2D eigenvalue weighted by Crippen LogP contribution is 2.26. The van der Waals surface area contributed by atoms with Crippen molar-refractivity contribution in [1.29, 1.82) is 5.26 Å². The summed E-state index contributed by atoms with van der Waals surface area (Å²) in [5.41, 5.74) is 3.23. The summed E-state index contributed by atoms with van der Waals surface area (Å²) in [4.78, 5) is 30.6. The molecule has 2 aromatic carbocycles. The first-order chi connectivity index (χ1) is 14.4. The Kier molecular flexibility index (Phi) is 6.47. The summed E-state index contributed by atoms with van der Waals surface area (Å²) in [7, 11) is 1.25. The molecular weight excluding hydrogens is 429 g/mol. The second-order valence-corrected chi connectivity index (χ2v) is 6.65. The Bertz CT molecular complexity index is 1210. The Hall–Kier alpha value is -3.67. The highest BCUT2D eigenvalue weighted by molar-refractivity contribution is 6.39. The van der Waals surface area contributed by atoms with E-state index < -0.39 is 11.5 Å². The molecule has 150 valence electrons. The van der Waals surface area contributed by atoms with Crippen LogP contribution >= 0.6 is 23.2 Å². The predicted molar refractivity (Wildman–Crippen MR) is 114 cm³/mol. The first kappa shape index (κ1) is 21.0. The van der Waals surface area contributed by atoms with Crippen LogP contribution < -0.4 is 11.0 Å². The number of anilines is 1. The molecule has 0 aliphatic rings. The average molecular weight is 442 g/mol. The molecule has 0 bridgehead atoms. The minimum Gasteiger partial charge on any atom is -0.465 e. The summed E-state index contributed by atoms with van der Waals surface area (Å²) < 4.78 is 4.64. The zero-order chi connectivity index (χ0) is 21.7. The number of nitrogens with zero attached hydrogens (tertiary/aromatic N) is 3. The van der Waals surface area contributed by atoms with E-state index in [1.165, 1.54) is 25.5 Å². The van der Waals surface area contributed by atoms with Crippen molar-refractivity contribution >= 4 is 41.3 Å². The smallest absolute Gasteiger partial charge is 0.337 e. The monoisotopic (exact) mass is 441 g/mol. The lowest BCUT2D eigenvalue weighted by molar-refractivity contribution is 0.0600. The van der Waals surface area contributed by atoms with Crippen molar-refractivity contribution in [3.63, 3.8) is 0 Å². The fourth-order valence-corrected chi connectivity index (χ4v) is 3.12. The highest BCUT2D eigenvalue weighted by atomic mass is 35.5. The number of ether oxygens (including phenoxy) is 1.